The van der Waals surface area contributed by atoms with Crippen molar-refractivity contribution in [3.63, 3.8) is 0 Å². The molecule has 0 aromatic heterocycles. The molecule has 1 atom stereocenters. The van der Waals surface area contributed by atoms with Gasteiger partial charge in [0.2, 0.25) is 11.8 Å². The Morgan fingerprint density at radius 1 is 1.07 bits per heavy atom. The normalized spacial score (nSPS) is 11.4. The van der Waals surface area contributed by atoms with Gasteiger partial charge >= 0.3 is 6.03 Å². The van der Waals surface area contributed by atoms with E-state index in [1.165, 1.54) is 0 Å². The topological polar surface area (TPSA) is 99.8 Å². The maximum absolute atomic E-state index is 12.7. The first-order valence-corrected chi connectivity index (χ1v) is 9.22. The second-order valence-corrected chi connectivity index (χ2v) is 6.36. The Labute approximate surface area is 170 Å². The molecule has 4 amide bonds. The Balaban J connectivity index is 2.11. The van der Waals surface area contributed by atoms with Crippen LogP contribution >= 0.6 is 0 Å². The summed E-state index contributed by atoms with van der Waals surface area (Å²) in [5.74, 6) is -0.189. The number of ether oxygens (including phenoxy) is 1. The molecule has 0 bridgehead atoms. The van der Waals surface area contributed by atoms with E-state index in [1.807, 2.05) is 6.07 Å². The Bertz CT molecular complexity index is 842. The largest absolute Gasteiger partial charge is 0.497 e. The minimum atomic E-state index is -0.810. The lowest BCUT2D eigenvalue weighted by atomic mass is 10.0. The highest BCUT2D eigenvalue weighted by Gasteiger charge is 2.27. The quantitative estimate of drug-likeness (QED) is 0.633. The van der Waals surface area contributed by atoms with Crippen molar-refractivity contribution in [1.82, 2.24) is 15.5 Å². The van der Waals surface area contributed by atoms with E-state index in [0.29, 0.717) is 23.5 Å². The highest BCUT2D eigenvalue weighted by Crippen LogP contribution is 2.20. The molecule has 0 saturated heterocycles. The molecule has 0 aliphatic rings. The van der Waals surface area contributed by atoms with Gasteiger partial charge in [-0.3, -0.25) is 19.8 Å². The van der Waals surface area contributed by atoms with Crippen LogP contribution in [0.25, 0.3) is 0 Å². The lowest BCUT2D eigenvalue weighted by Crippen LogP contribution is -2.46. The molecule has 0 radical (unpaired) electrons. The van der Waals surface area contributed by atoms with Crippen LogP contribution in [-0.2, 0) is 9.59 Å². The molecule has 2 aromatic rings. The summed E-state index contributed by atoms with van der Waals surface area (Å²) in [6, 6.07) is 14.6. The minimum Gasteiger partial charge on any atom is -0.497 e. The molecule has 0 fully saturated rings. The molecule has 2 rings (SSSR count). The predicted octanol–water partition coefficient (Wildman–Crippen LogP) is 2.15. The van der Waals surface area contributed by atoms with Crippen molar-refractivity contribution < 1.29 is 19.1 Å². The third-order valence-corrected chi connectivity index (χ3v) is 4.12. The monoisotopic (exact) mass is 398 g/mol. The van der Waals surface area contributed by atoms with Crippen LogP contribution in [0.3, 0.4) is 0 Å². The second-order valence-electron chi connectivity index (χ2n) is 6.36. The molecule has 8 nitrogen and oxygen atoms in total. The van der Waals surface area contributed by atoms with Crippen LogP contribution in [0, 0.1) is 0 Å². The molecule has 29 heavy (non-hydrogen) atoms. The van der Waals surface area contributed by atoms with Gasteiger partial charge in [0.05, 0.1) is 13.7 Å². The van der Waals surface area contributed by atoms with E-state index < -0.39 is 18.0 Å². The summed E-state index contributed by atoms with van der Waals surface area (Å²) in [4.78, 5) is 38.6. The molecule has 2 aromatic carbocycles. The van der Waals surface area contributed by atoms with Crippen LogP contribution in [0.1, 0.15) is 18.5 Å². The lowest BCUT2D eigenvalue weighted by Gasteiger charge is -2.26. The van der Waals surface area contributed by atoms with Crippen molar-refractivity contribution in [2.45, 2.75) is 13.0 Å². The molecule has 0 saturated carbocycles. The van der Waals surface area contributed by atoms with E-state index >= 15 is 0 Å². The first-order chi connectivity index (χ1) is 13.9. The minimum absolute atomic E-state index is 0.0560. The van der Waals surface area contributed by atoms with Gasteiger partial charge in [0.15, 0.2) is 0 Å². The summed E-state index contributed by atoms with van der Waals surface area (Å²) < 4.78 is 5.15. The SMILES string of the molecule is CCNC(=O)NC(=O)C(c1ccccc1)N(C)CC(=O)Nc1cccc(OC)c1. The molecule has 3 N–H and O–H groups in total. The predicted molar refractivity (Wildman–Crippen MR) is 111 cm³/mol. The van der Waals surface area contributed by atoms with Crippen LogP contribution in [0.5, 0.6) is 5.75 Å². The molecular weight excluding hydrogens is 372 g/mol. The van der Waals surface area contributed by atoms with Crippen LogP contribution in [0.2, 0.25) is 0 Å². The third-order valence-electron chi connectivity index (χ3n) is 4.12. The number of amides is 4. The van der Waals surface area contributed by atoms with Gasteiger partial charge in [-0.1, -0.05) is 36.4 Å². The van der Waals surface area contributed by atoms with Gasteiger partial charge < -0.3 is 15.4 Å². The zero-order valence-corrected chi connectivity index (χ0v) is 16.8. The molecule has 154 valence electrons. The van der Waals surface area contributed by atoms with Gasteiger partial charge in [0, 0.05) is 18.3 Å². The first-order valence-electron chi connectivity index (χ1n) is 9.22. The van der Waals surface area contributed by atoms with Crippen molar-refractivity contribution in [2.75, 3.05) is 32.6 Å². The van der Waals surface area contributed by atoms with Gasteiger partial charge in [-0.15, -0.1) is 0 Å². The highest BCUT2D eigenvalue weighted by molar-refractivity contribution is 5.98. The molecule has 0 aliphatic heterocycles. The zero-order valence-electron chi connectivity index (χ0n) is 16.8. The molecular formula is C21H26N4O4. The van der Waals surface area contributed by atoms with Crippen LogP contribution in [0.4, 0.5) is 10.5 Å². The Kier molecular flexibility index (Phi) is 8.17. The number of rotatable bonds is 8. The molecule has 0 aliphatic carbocycles. The Morgan fingerprint density at radius 2 is 1.79 bits per heavy atom. The molecule has 8 heteroatoms. The van der Waals surface area contributed by atoms with E-state index in [-0.39, 0.29) is 12.5 Å². The van der Waals surface area contributed by atoms with Crippen molar-refractivity contribution in [3.05, 3.63) is 60.2 Å². The number of hydrogen-bond donors (Lipinski definition) is 3. The number of carbonyl (C=O) groups is 3. The number of urea groups is 1. The maximum Gasteiger partial charge on any atom is 0.321 e. The third kappa shape index (κ3) is 6.62. The van der Waals surface area contributed by atoms with Crippen LogP contribution in [-0.4, -0.2) is 50.0 Å². The van der Waals surface area contributed by atoms with Crippen LogP contribution < -0.4 is 20.7 Å². The summed E-state index contributed by atoms with van der Waals surface area (Å²) in [7, 11) is 3.20. The van der Waals surface area contributed by atoms with Gasteiger partial charge in [-0.2, -0.15) is 0 Å². The summed E-state index contributed by atoms with van der Waals surface area (Å²) in [5.41, 5.74) is 1.26. The van der Waals surface area contributed by atoms with Gasteiger partial charge in [0.1, 0.15) is 11.8 Å². The van der Waals surface area contributed by atoms with Crippen molar-refractivity contribution in [3.8, 4) is 5.75 Å². The van der Waals surface area contributed by atoms with Crippen molar-refractivity contribution in [1.29, 1.82) is 0 Å². The molecule has 0 heterocycles. The fourth-order valence-corrected chi connectivity index (χ4v) is 2.85. The number of benzene rings is 2. The summed E-state index contributed by atoms with van der Waals surface area (Å²) in [6.45, 7) is 2.10. The van der Waals surface area contributed by atoms with Crippen LogP contribution in [0.15, 0.2) is 54.6 Å². The van der Waals surface area contributed by atoms with E-state index in [1.54, 1.807) is 74.5 Å². The number of imide groups is 1. The smallest absolute Gasteiger partial charge is 0.321 e. The number of nitrogens with zero attached hydrogens (tertiary/aromatic N) is 1. The number of methoxy groups -OCH3 is 1. The van der Waals surface area contributed by atoms with E-state index in [0.717, 1.165) is 0 Å². The Hall–Kier alpha value is -3.39. The summed E-state index contributed by atoms with van der Waals surface area (Å²) in [5, 5.41) is 7.63. The zero-order chi connectivity index (χ0) is 21.2. The fraction of sp³-hybridized carbons (Fsp3) is 0.286. The van der Waals surface area contributed by atoms with E-state index in [2.05, 4.69) is 16.0 Å². The second kappa shape index (κ2) is 10.8. The summed E-state index contributed by atoms with van der Waals surface area (Å²) in [6.07, 6.45) is 0. The number of hydrogen-bond acceptors (Lipinski definition) is 5. The highest BCUT2D eigenvalue weighted by atomic mass is 16.5. The van der Waals surface area contributed by atoms with E-state index in [4.69, 9.17) is 4.74 Å². The summed E-state index contributed by atoms with van der Waals surface area (Å²) >= 11 is 0. The van der Waals surface area contributed by atoms with Gasteiger partial charge in [-0.25, -0.2) is 4.79 Å². The first kappa shape index (κ1) is 21.9. The standard InChI is InChI=1S/C21H26N4O4/c1-4-22-21(28)24-20(27)19(15-9-6-5-7-10-15)25(2)14-18(26)23-16-11-8-12-17(13-16)29-3/h5-13,19H,4,14H2,1-3H3,(H,23,26)(H2,22,24,27,28). The fourth-order valence-electron chi connectivity index (χ4n) is 2.85. The number of anilines is 1. The van der Waals surface area contributed by atoms with Crippen molar-refractivity contribution in [2.24, 2.45) is 0 Å². The average molecular weight is 398 g/mol. The number of likely N-dealkylation sites (N-methyl/N-ethyl adjacent to an activating group) is 1. The van der Waals surface area contributed by atoms with E-state index in [9.17, 15) is 14.4 Å². The Morgan fingerprint density at radius 3 is 2.45 bits per heavy atom. The molecule has 1 unspecified atom stereocenters. The van der Waals surface area contributed by atoms with Crippen molar-refractivity contribution >= 4 is 23.5 Å². The lowest BCUT2D eigenvalue weighted by molar-refractivity contribution is -0.126. The average Bonchev–Trinajstić information content (AvgIpc) is 2.69. The van der Waals surface area contributed by atoms with Gasteiger partial charge in [0.25, 0.3) is 0 Å². The number of nitrogens with one attached hydrogen (secondary N) is 3. The maximum atomic E-state index is 12.7. The molecule has 0 spiro atoms. The number of carbonyl (C=O) groups excluding carboxylic acids is 3. The van der Waals surface area contributed by atoms with Gasteiger partial charge in [-0.05, 0) is 31.7 Å².